The van der Waals surface area contributed by atoms with Crippen LogP contribution in [0.2, 0.25) is 5.02 Å². The van der Waals surface area contributed by atoms with Gasteiger partial charge in [-0.3, -0.25) is 4.79 Å². The smallest absolute Gasteiger partial charge is 0.325 e. The predicted octanol–water partition coefficient (Wildman–Crippen LogP) is 5.73. The Morgan fingerprint density at radius 1 is 1.21 bits per heavy atom. The Hall–Kier alpha value is -3.72. The summed E-state index contributed by atoms with van der Waals surface area (Å²) in [5, 5.41) is 8.98. The molecule has 0 spiro atoms. The summed E-state index contributed by atoms with van der Waals surface area (Å²) in [6, 6.07) is 8.04. The Kier molecular flexibility index (Phi) is 5.57. The first kappa shape index (κ1) is 22.1. The summed E-state index contributed by atoms with van der Waals surface area (Å²) >= 11 is 5.78. The van der Waals surface area contributed by atoms with E-state index in [9.17, 15) is 9.18 Å². The molecule has 0 bridgehead atoms. The van der Waals surface area contributed by atoms with Crippen LogP contribution in [0.1, 0.15) is 24.0 Å². The molecule has 2 heterocycles. The van der Waals surface area contributed by atoms with Gasteiger partial charge in [0.2, 0.25) is 5.89 Å². The van der Waals surface area contributed by atoms with Gasteiger partial charge < -0.3 is 19.0 Å². The molecule has 1 saturated carbocycles. The van der Waals surface area contributed by atoms with Crippen molar-refractivity contribution in [2.24, 2.45) is 5.92 Å². The average Bonchev–Trinajstić information content (AvgIpc) is 3.18. The third-order valence-corrected chi connectivity index (χ3v) is 5.97. The van der Waals surface area contributed by atoms with Crippen molar-refractivity contribution in [3.8, 4) is 29.0 Å². The Balaban J connectivity index is 1.37. The fourth-order valence-corrected chi connectivity index (χ4v) is 4.01. The number of aryl methyl sites for hydroxylation is 2. The monoisotopic (exact) mass is 483 g/mol. The van der Waals surface area contributed by atoms with Crippen LogP contribution in [-0.4, -0.2) is 32.1 Å². The van der Waals surface area contributed by atoms with Gasteiger partial charge in [0.05, 0.1) is 17.1 Å². The maximum Gasteiger partial charge on any atom is 0.325 e. The number of nitrogens with zero attached hydrogens (tertiary/aromatic N) is 3. The van der Waals surface area contributed by atoms with E-state index in [1.807, 2.05) is 26.0 Å². The number of carboxylic acids is 1. The van der Waals surface area contributed by atoms with Crippen LogP contribution >= 0.6 is 11.6 Å². The summed E-state index contributed by atoms with van der Waals surface area (Å²) in [6.07, 6.45) is 2.33. The van der Waals surface area contributed by atoms with E-state index in [0.717, 1.165) is 22.4 Å². The standard InChI is InChI=1S/C24H19ClFN3O5/c1-11-6-13(7-12(2)20(11)32-15-8-14(9-15)23(30)31)21-28-17-10-27-24(29-22(17)34-21)33-18-5-3-4-16(25)19(18)26/h3-7,10,14-15H,8-9H2,1-2H3,(H,30,31). The largest absolute Gasteiger partial charge is 0.490 e. The molecule has 8 nitrogen and oxygen atoms in total. The molecular formula is C24H19ClFN3O5. The molecule has 0 saturated heterocycles. The van der Waals surface area contributed by atoms with Crippen molar-refractivity contribution in [3.05, 3.63) is 58.5 Å². The van der Waals surface area contributed by atoms with Gasteiger partial charge in [-0.05, 0) is 62.1 Å². The molecule has 0 atom stereocenters. The highest BCUT2D eigenvalue weighted by atomic mass is 35.5. The van der Waals surface area contributed by atoms with Gasteiger partial charge in [-0.15, -0.1) is 0 Å². The van der Waals surface area contributed by atoms with Crippen LogP contribution in [0.3, 0.4) is 0 Å². The summed E-state index contributed by atoms with van der Waals surface area (Å²) < 4.78 is 31.4. The lowest BCUT2D eigenvalue weighted by Crippen LogP contribution is -2.38. The van der Waals surface area contributed by atoms with Gasteiger partial charge in [0.1, 0.15) is 17.4 Å². The Morgan fingerprint density at radius 3 is 2.65 bits per heavy atom. The van der Waals surface area contributed by atoms with Crippen LogP contribution in [0.4, 0.5) is 4.39 Å². The fourth-order valence-electron chi connectivity index (χ4n) is 3.84. The molecule has 0 unspecified atom stereocenters. The van der Waals surface area contributed by atoms with E-state index in [-0.39, 0.29) is 34.5 Å². The van der Waals surface area contributed by atoms with Crippen LogP contribution in [0.25, 0.3) is 22.7 Å². The number of benzene rings is 2. The summed E-state index contributed by atoms with van der Waals surface area (Å²) in [4.78, 5) is 23.7. The van der Waals surface area contributed by atoms with Crippen LogP contribution in [0, 0.1) is 25.6 Å². The first-order chi connectivity index (χ1) is 16.3. The number of aromatic nitrogens is 3. The van der Waals surface area contributed by atoms with Crippen molar-refractivity contribution in [2.75, 3.05) is 0 Å². The highest BCUT2D eigenvalue weighted by Gasteiger charge is 2.36. The van der Waals surface area contributed by atoms with Crippen molar-refractivity contribution in [2.45, 2.75) is 32.8 Å². The lowest BCUT2D eigenvalue weighted by atomic mass is 9.82. The number of halogens is 2. The molecule has 1 fully saturated rings. The summed E-state index contributed by atoms with van der Waals surface area (Å²) in [7, 11) is 0. The predicted molar refractivity (Wildman–Crippen MR) is 121 cm³/mol. The second kappa shape index (κ2) is 8.57. The number of oxazole rings is 1. The first-order valence-electron chi connectivity index (χ1n) is 10.5. The molecule has 0 aliphatic heterocycles. The Morgan fingerprint density at radius 2 is 1.94 bits per heavy atom. The molecule has 1 N–H and O–H groups in total. The summed E-state index contributed by atoms with van der Waals surface area (Å²) in [5.74, 6) is -0.867. The van der Waals surface area contributed by atoms with Gasteiger partial charge in [-0.2, -0.15) is 4.98 Å². The zero-order valence-electron chi connectivity index (χ0n) is 18.2. The topological polar surface area (TPSA) is 108 Å². The molecule has 0 radical (unpaired) electrons. The molecule has 1 aliphatic carbocycles. The van der Waals surface area contributed by atoms with Crippen molar-refractivity contribution in [1.82, 2.24) is 15.0 Å². The van der Waals surface area contributed by atoms with Gasteiger partial charge >= 0.3 is 12.0 Å². The van der Waals surface area contributed by atoms with E-state index in [4.69, 9.17) is 30.6 Å². The quantitative estimate of drug-likeness (QED) is 0.370. The number of hydrogen-bond acceptors (Lipinski definition) is 7. The SMILES string of the molecule is Cc1cc(-c2nc3cnc(Oc4cccc(Cl)c4F)nc3o2)cc(C)c1OC1CC(C(=O)O)C1. The zero-order valence-corrected chi connectivity index (χ0v) is 19.0. The van der Waals surface area contributed by atoms with Crippen molar-refractivity contribution >= 4 is 28.8 Å². The second-order valence-corrected chi connectivity index (χ2v) is 8.61. The number of carboxylic acid groups (broad SMARTS) is 1. The number of fused-ring (bicyclic) bond motifs is 1. The number of ether oxygens (including phenoxy) is 2. The molecule has 34 heavy (non-hydrogen) atoms. The minimum atomic E-state index is -0.783. The van der Waals surface area contributed by atoms with E-state index < -0.39 is 11.8 Å². The lowest BCUT2D eigenvalue weighted by molar-refractivity contribution is -0.147. The van der Waals surface area contributed by atoms with Gasteiger partial charge in [-0.1, -0.05) is 17.7 Å². The van der Waals surface area contributed by atoms with Crippen molar-refractivity contribution in [3.63, 3.8) is 0 Å². The second-order valence-electron chi connectivity index (χ2n) is 8.20. The van der Waals surface area contributed by atoms with Crippen LogP contribution in [0.5, 0.6) is 17.5 Å². The minimum absolute atomic E-state index is 0.0716. The average molecular weight is 484 g/mol. The van der Waals surface area contributed by atoms with Gasteiger partial charge in [-0.25, -0.2) is 14.4 Å². The van der Waals surface area contributed by atoms with Crippen LogP contribution < -0.4 is 9.47 Å². The third-order valence-electron chi connectivity index (χ3n) is 5.68. The van der Waals surface area contributed by atoms with Crippen LogP contribution in [0.15, 0.2) is 40.9 Å². The molecule has 1 aliphatic rings. The van der Waals surface area contributed by atoms with E-state index in [0.29, 0.717) is 24.2 Å². The fraction of sp³-hybridized carbons (Fsp3) is 0.250. The third kappa shape index (κ3) is 4.14. The molecular weight excluding hydrogens is 465 g/mol. The Bertz CT molecular complexity index is 1390. The highest BCUT2D eigenvalue weighted by Crippen LogP contribution is 2.37. The summed E-state index contributed by atoms with van der Waals surface area (Å²) in [6.45, 7) is 3.82. The minimum Gasteiger partial charge on any atom is -0.490 e. The lowest BCUT2D eigenvalue weighted by Gasteiger charge is -2.33. The molecule has 2 aromatic heterocycles. The molecule has 4 aromatic rings. The zero-order chi connectivity index (χ0) is 24.0. The number of aliphatic carboxylic acids is 1. The van der Waals surface area contributed by atoms with E-state index in [1.165, 1.54) is 18.3 Å². The van der Waals surface area contributed by atoms with Gasteiger partial charge in [0, 0.05) is 5.56 Å². The molecule has 2 aromatic carbocycles. The number of carbonyl (C=O) groups is 1. The number of rotatable bonds is 6. The van der Waals surface area contributed by atoms with E-state index in [1.54, 1.807) is 6.07 Å². The first-order valence-corrected chi connectivity index (χ1v) is 10.9. The van der Waals surface area contributed by atoms with Gasteiger partial charge in [0.25, 0.3) is 5.71 Å². The summed E-state index contributed by atoms with van der Waals surface area (Å²) in [5.41, 5.74) is 3.08. The normalized spacial score (nSPS) is 17.4. The van der Waals surface area contributed by atoms with E-state index >= 15 is 0 Å². The van der Waals surface area contributed by atoms with Crippen molar-refractivity contribution in [1.29, 1.82) is 0 Å². The van der Waals surface area contributed by atoms with Gasteiger partial charge in [0.15, 0.2) is 11.6 Å². The molecule has 0 amide bonds. The number of hydrogen-bond donors (Lipinski definition) is 1. The molecule has 10 heteroatoms. The Labute approximate surface area is 198 Å². The van der Waals surface area contributed by atoms with Crippen molar-refractivity contribution < 1.29 is 28.2 Å². The molecule has 5 rings (SSSR count). The maximum atomic E-state index is 14.1. The molecule has 174 valence electrons. The van der Waals surface area contributed by atoms with E-state index in [2.05, 4.69) is 15.0 Å². The van der Waals surface area contributed by atoms with Crippen LogP contribution in [-0.2, 0) is 4.79 Å². The maximum absolute atomic E-state index is 14.1. The highest BCUT2D eigenvalue weighted by molar-refractivity contribution is 6.30.